The molecule has 15 heavy (non-hydrogen) atoms. The van der Waals surface area contributed by atoms with Crippen molar-refractivity contribution in [2.75, 3.05) is 6.54 Å². The van der Waals surface area contributed by atoms with E-state index in [0.29, 0.717) is 12.6 Å². The third-order valence-corrected chi connectivity index (χ3v) is 2.55. The van der Waals surface area contributed by atoms with Gasteiger partial charge in [-0.05, 0) is 19.9 Å². The third kappa shape index (κ3) is 2.50. The van der Waals surface area contributed by atoms with Crippen molar-refractivity contribution in [1.82, 2.24) is 20.8 Å². The standard InChI is InChI=1S/C10H17N5/c1-7-4-9(15-14-7)10-6-12-5-8(13-10)2-3-11/h5-7,9,14-15H,2-4,11H2,1H3. The van der Waals surface area contributed by atoms with Crippen molar-refractivity contribution in [3.63, 3.8) is 0 Å². The molecule has 0 amide bonds. The van der Waals surface area contributed by atoms with Crippen LogP contribution in [0.15, 0.2) is 12.4 Å². The maximum atomic E-state index is 5.49. The Balaban J connectivity index is 2.10. The lowest BCUT2D eigenvalue weighted by molar-refractivity contribution is 0.550. The van der Waals surface area contributed by atoms with Gasteiger partial charge in [0.25, 0.3) is 0 Å². The molecule has 82 valence electrons. The summed E-state index contributed by atoms with van der Waals surface area (Å²) in [5, 5.41) is 0. The lowest BCUT2D eigenvalue weighted by Gasteiger charge is -2.09. The van der Waals surface area contributed by atoms with E-state index in [9.17, 15) is 0 Å². The Hall–Kier alpha value is -1.04. The first-order chi connectivity index (χ1) is 7.29. The van der Waals surface area contributed by atoms with Crippen LogP contribution in [-0.2, 0) is 6.42 Å². The van der Waals surface area contributed by atoms with Gasteiger partial charge < -0.3 is 5.73 Å². The molecule has 1 fully saturated rings. The van der Waals surface area contributed by atoms with Gasteiger partial charge in [0.05, 0.1) is 23.6 Å². The number of hydrazine groups is 1. The van der Waals surface area contributed by atoms with Gasteiger partial charge in [-0.3, -0.25) is 15.4 Å². The molecule has 0 spiro atoms. The van der Waals surface area contributed by atoms with Crippen LogP contribution in [0.3, 0.4) is 0 Å². The minimum atomic E-state index is 0.269. The average molecular weight is 207 g/mol. The third-order valence-electron chi connectivity index (χ3n) is 2.55. The van der Waals surface area contributed by atoms with E-state index in [4.69, 9.17) is 5.73 Å². The molecule has 1 aromatic rings. The minimum absolute atomic E-state index is 0.269. The monoisotopic (exact) mass is 207 g/mol. The van der Waals surface area contributed by atoms with E-state index in [1.165, 1.54) is 0 Å². The predicted octanol–water partition coefficient (Wildman–Crippen LogP) is -0.0947. The van der Waals surface area contributed by atoms with Gasteiger partial charge in [-0.2, -0.15) is 0 Å². The highest BCUT2D eigenvalue weighted by atomic mass is 15.4. The largest absolute Gasteiger partial charge is 0.330 e. The van der Waals surface area contributed by atoms with Gasteiger partial charge in [-0.1, -0.05) is 0 Å². The molecule has 1 aliphatic heterocycles. The fourth-order valence-corrected chi connectivity index (χ4v) is 1.77. The number of aromatic nitrogens is 2. The Morgan fingerprint density at radius 1 is 1.47 bits per heavy atom. The molecule has 0 bridgehead atoms. The smallest absolute Gasteiger partial charge is 0.0773 e. The second-order valence-electron chi connectivity index (χ2n) is 3.95. The molecular formula is C10H17N5. The number of hydrogen-bond donors (Lipinski definition) is 3. The van der Waals surface area contributed by atoms with Crippen molar-refractivity contribution in [1.29, 1.82) is 0 Å². The molecule has 1 aromatic heterocycles. The van der Waals surface area contributed by atoms with Crippen molar-refractivity contribution in [3.05, 3.63) is 23.8 Å². The highest BCUT2D eigenvalue weighted by Gasteiger charge is 2.22. The maximum absolute atomic E-state index is 5.49. The second-order valence-corrected chi connectivity index (χ2v) is 3.95. The summed E-state index contributed by atoms with van der Waals surface area (Å²) in [5.41, 5.74) is 13.8. The van der Waals surface area contributed by atoms with Gasteiger partial charge in [0.1, 0.15) is 0 Å². The Kier molecular flexibility index (Phi) is 3.25. The average Bonchev–Trinajstić information content (AvgIpc) is 2.66. The zero-order chi connectivity index (χ0) is 10.7. The SMILES string of the molecule is CC1CC(c2cncc(CCN)n2)NN1. The molecule has 0 aliphatic carbocycles. The maximum Gasteiger partial charge on any atom is 0.0773 e. The van der Waals surface area contributed by atoms with Gasteiger partial charge in [0, 0.05) is 18.7 Å². The molecule has 5 nitrogen and oxygen atoms in total. The van der Waals surface area contributed by atoms with E-state index in [1.54, 1.807) is 6.20 Å². The molecule has 0 aromatic carbocycles. The zero-order valence-corrected chi connectivity index (χ0v) is 8.90. The first-order valence-corrected chi connectivity index (χ1v) is 5.31. The Labute approximate surface area is 89.5 Å². The van der Waals surface area contributed by atoms with Crippen LogP contribution in [0.25, 0.3) is 0 Å². The summed E-state index contributed by atoms with van der Waals surface area (Å²) in [7, 11) is 0. The van der Waals surface area contributed by atoms with Crippen molar-refractivity contribution in [3.8, 4) is 0 Å². The topological polar surface area (TPSA) is 75.9 Å². The first-order valence-electron chi connectivity index (χ1n) is 5.31. The summed E-state index contributed by atoms with van der Waals surface area (Å²) in [6, 6.07) is 0.750. The molecule has 1 aliphatic rings. The molecule has 5 heteroatoms. The van der Waals surface area contributed by atoms with Gasteiger partial charge in [-0.25, -0.2) is 5.43 Å². The fraction of sp³-hybridized carbons (Fsp3) is 0.600. The van der Waals surface area contributed by atoms with Crippen LogP contribution in [0.2, 0.25) is 0 Å². The highest BCUT2D eigenvalue weighted by molar-refractivity contribution is 5.09. The van der Waals surface area contributed by atoms with Crippen LogP contribution in [0, 0.1) is 0 Å². The number of nitrogens with one attached hydrogen (secondary N) is 2. The zero-order valence-electron chi connectivity index (χ0n) is 8.90. The Bertz CT molecular complexity index is 327. The van der Waals surface area contributed by atoms with Crippen LogP contribution < -0.4 is 16.6 Å². The van der Waals surface area contributed by atoms with Crippen LogP contribution in [0.5, 0.6) is 0 Å². The highest BCUT2D eigenvalue weighted by Crippen LogP contribution is 2.19. The summed E-state index contributed by atoms with van der Waals surface area (Å²) >= 11 is 0. The lowest BCUT2D eigenvalue weighted by atomic mass is 10.1. The van der Waals surface area contributed by atoms with E-state index >= 15 is 0 Å². The molecule has 2 atom stereocenters. The normalized spacial score (nSPS) is 25.7. The molecule has 2 rings (SSSR count). The van der Waals surface area contributed by atoms with E-state index < -0.39 is 0 Å². The number of hydrogen-bond acceptors (Lipinski definition) is 5. The molecule has 2 heterocycles. The summed E-state index contributed by atoms with van der Waals surface area (Å²) in [6.07, 6.45) is 5.43. The minimum Gasteiger partial charge on any atom is -0.330 e. The first kappa shape index (κ1) is 10.5. The number of nitrogens with two attached hydrogens (primary N) is 1. The number of rotatable bonds is 3. The van der Waals surface area contributed by atoms with Gasteiger partial charge in [-0.15, -0.1) is 0 Å². The van der Waals surface area contributed by atoms with E-state index in [1.807, 2.05) is 6.20 Å². The van der Waals surface area contributed by atoms with Crippen LogP contribution in [0.1, 0.15) is 30.8 Å². The van der Waals surface area contributed by atoms with Crippen LogP contribution >= 0.6 is 0 Å². The van der Waals surface area contributed by atoms with Crippen molar-refractivity contribution in [2.24, 2.45) is 5.73 Å². The quantitative estimate of drug-likeness (QED) is 0.645. The predicted molar refractivity (Wildman–Crippen MR) is 57.9 cm³/mol. The molecular weight excluding hydrogens is 190 g/mol. The molecule has 4 N–H and O–H groups in total. The van der Waals surface area contributed by atoms with Gasteiger partial charge in [0.2, 0.25) is 0 Å². The molecule has 0 radical (unpaired) electrons. The van der Waals surface area contributed by atoms with Crippen molar-refractivity contribution in [2.45, 2.75) is 31.8 Å². The Morgan fingerprint density at radius 3 is 3.00 bits per heavy atom. The van der Waals surface area contributed by atoms with Gasteiger partial charge >= 0.3 is 0 Å². The van der Waals surface area contributed by atoms with E-state index in [0.717, 1.165) is 24.2 Å². The fourth-order valence-electron chi connectivity index (χ4n) is 1.77. The van der Waals surface area contributed by atoms with Crippen molar-refractivity contribution >= 4 is 0 Å². The summed E-state index contributed by atoms with van der Waals surface area (Å²) in [6.45, 7) is 2.76. The summed E-state index contributed by atoms with van der Waals surface area (Å²) < 4.78 is 0. The summed E-state index contributed by atoms with van der Waals surface area (Å²) in [5.74, 6) is 0. The van der Waals surface area contributed by atoms with Gasteiger partial charge in [0.15, 0.2) is 0 Å². The Morgan fingerprint density at radius 2 is 2.33 bits per heavy atom. The molecule has 0 saturated carbocycles. The van der Waals surface area contributed by atoms with Crippen molar-refractivity contribution < 1.29 is 0 Å². The lowest BCUT2D eigenvalue weighted by Crippen LogP contribution is -2.29. The summed E-state index contributed by atoms with van der Waals surface area (Å²) in [4.78, 5) is 8.72. The van der Waals surface area contributed by atoms with Crippen LogP contribution in [0.4, 0.5) is 0 Å². The van der Waals surface area contributed by atoms with E-state index in [2.05, 4.69) is 27.7 Å². The molecule has 2 unspecified atom stereocenters. The molecule has 1 saturated heterocycles. The second kappa shape index (κ2) is 4.65. The van der Waals surface area contributed by atoms with E-state index in [-0.39, 0.29) is 6.04 Å². The van der Waals surface area contributed by atoms with Crippen LogP contribution in [-0.4, -0.2) is 22.6 Å². The number of nitrogens with zero attached hydrogens (tertiary/aromatic N) is 2.